The van der Waals surface area contributed by atoms with E-state index in [9.17, 15) is 0 Å². The van der Waals surface area contributed by atoms with E-state index in [1.165, 1.54) is 9.40 Å². The van der Waals surface area contributed by atoms with E-state index in [1.54, 1.807) is 22.7 Å². The van der Waals surface area contributed by atoms with Gasteiger partial charge in [-0.25, -0.2) is 4.98 Å². The van der Waals surface area contributed by atoms with Crippen molar-refractivity contribution < 1.29 is 0 Å². The first kappa shape index (κ1) is 14.6. The summed E-state index contributed by atoms with van der Waals surface area (Å²) >= 11 is 3.40. The zero-order valence-corrected chi connectivity index (χ0v) is 14.8. The number of fused-ring (bicyclic) bond motifs is 3. The van der Waals surface area contributed by atoms with Crippen LogP contribution < -0.4 is 10.8 Å². The van der Waals surface area contributed by atoms with Crippen molar-refractivity contribution in [3.05, 3.63) is 78.2 Å². The van der Waals surface area contributed by atoms with E-state index in [0.29, 0.717) is 0 Å². The molecule has 1 N–H and O–H groups in total. The normalized spacial score (nSPS) is 11.2. The highest BCUT2D eigenvalue weighted by molar-refractivity contribution is 7.24. The molecule has 5 heteroatoms. The van der Waals surface area contributed by atoms with Gasteiger partial charge in [0, 0.05) is 20.2 Å². The van der Waals surface area contributed by atoms with E-state index in [0.717, 1.165) is 31.5 Å². The largest absolute Gasteiger partial charge is 0.252 e. The number of anilines is 1. The van der Waals surface area contributed by atoms with Gasteiger partial charge in [0.15, 0.2) is 0 Å². The summed E-state index contributed by atoms with van der Waals surface area (Å²) < 4.78 is 3.61. The third-order valence-corrected chi connectivity index (χ3v) is 6.15. The molecule has 0 aliphatic heterocycles. The summed E-state index contributed by atoms with van der Waals surface area (Å²) in [5.74, 6) is 0. The van der Waals surface area contributed by atoms with Gasteiger partial charge in [-0.15, -0.1) is 11.3 Å². The number of para-hydroxylation sites is 1. The highest BCUT2D eigenvalue weighted by atomic mass is 32.1. The Labute approximate surface area is 151 Å². The lowest BCUT2D eigenvalue weighted by molar-refractivity contribution is 1.23. The number of nitrogens with zero attached hydrogens (tertiary/aromatic N) is 2. The van der Waals surface area contributed by atoms with Crippen LogP contribution in [0.4, 0.5) is 5.13 Å². The maximum atomic E-state index is 4.73. The molecule has 0 atom stereocenters. The molecule has 0 saturated carbocycles. The van der Waals surface area contributed by atoms with E-state index >= 15 is 0 Å². The number of hydrogen-bond acceptors (Lipinski definition) is 5. The van der Waals surface area contributed by atoms with Gasteiger partial charge < -0.3 is 0 Å². The van der Waals surface area contributed by atoms with Gasteiger partial charge in [0.1, 0.15) is 5.36 Å². The molecule has 0 fully saturated rings. The Morgan fingerprint density at radius 1 is 0.680 bits per heavy atom. The SMILES string of the molecule is c1ccc2sc(NN=c3c4ccccc4sc4ccccc34)nc2c1. The summed E-state index contributed by atoms with van der Waals surface area (Å²) in [5, 5.41) is 8.81. The predicted molar refractivity (Wildman–Crippen MR) is 108 cm³/mol. The summed E-state index contributed by atoms with van der Waals surface area (Å²) in [7, 11) is 0. The minimum atomic E-state index is 0.807. The second-order valence-electron chi connectivity index (χ2n) is 5.65. The van der Waals surface area contributed by atoms with Gasteiger partial charge in [-0.3, -0.25) is 5.43 Å². The van der Waals surface area contributed by atoms with Crippen LogP contribution in [0.3, 0.4) is 0 Å². The first-order valence-electron chi connectivity index (χ1n) is 7.94. The summed E-state index contributed by atoms with van der Waals surface area (Å²) in [5.41, 5.74) is 4.17. The lowest BCUT2D eigenvalue weighted by atomic mass is 10.2. The molecular weight excluding hydrogens is 346 g/mol. The molecule has 0 aliphatic carbocycles. The molecule has 5 rings (SSSR count). The molecule has 2 heterocycles. The Hall–Kier alpha value is -2.76. The van der Waals surface area contributed by atoms with Crippen molar-refractivity contribution in [1.82, 2.24) is 4.98 Å². The molecule has 0 aliphatic rings. The Bertz CT molecular complexity index is 1190. The Kier molecular flexibility index (Phi) is 3.47. The minimum Gasteiger partial charge on any atom is -0.252 e. The molecule has 25 heavy (non-hydrogen) atoms. The fourth-order valence-corrected chi connectivity index (χ4v) is 4.80. The van der Waals surface area contributed by atoms with Crippen molar-refractivity contribution in [1.29, 1.82) is 0 Å². The number of thiazole rings is 1. The topological polar surface area (TPSA) is 37.3 Å². The molecule has 0 bridgehead atoms. The smallest absolute Gasteiger partial charge is 0.204 e. The van der Waals surface area contributed by atoms with Crippen LogP contribution in [0.2, 0.25) is 0 Å². The molecule has 5 aromatic rings. The number of hydrogen-bond donors (Lipinski definition) is 1. The summed E-state index contributed by atoms with van der Waals surface area (Å²) in [6, 6.07) is 24.9. The molecule has 0 radical (unpaired) electrons. The van der Waals surface area contributed by atoms with Crippen molar-refractivity contribution in [3.8, 4) is 0 Å². The highest BCUT2D eigenvalue weighted by Crippen LogP contribution is 2.26. The van der Waals surface area contributed by atoms with Crippen molar-refractivity contribution in [3.63, 3.8) is 0 Å². The maximum Gasteiger partial charge on any atom is 0.204 e. The molecule has 0 saturated heterocycles. The van der Waals surface area contributed by atoms with Crippen LogP contribution in [0.1, 0.15) is 0 Å². The van der Waals surface area contributed by atoms with Crippen LogP contribution in [-0.4, -0.2) is 4.98 Å². The standard InChI is InChI=1S/C20H13N3S2/c1-4-10-16-13(7-1)19(14-8-2-5-11-17(14)24-16)22-23-20-21-15-9-3-6-12-18(15)25-20/h1-12H,(H,21,23). The van der Waals surface area contributed by atoms with E-state index < -0.39 is 0 Å². The number of aromatic nitrogens is 1. The fourth-order valence-electron chi connectivity index (χ4n) is 2.91. The Balaban J connectivity index is 1.73. The molecule has 0 spiro atoms. The summed E-state index contributed by atoms with van der Waals surface area (Å²) in [6.45, 7) is 0. The van der Waals surface area contributed by atoms with Crippen LogP contribution in [0.5, 0.6) is 0 Å². The quantitative estimate of drug-likeness (QED) is 0.329. The van der Waals surface area contributed by atoms with Crippen LogP contribution in [-0.2, 0) is 0 Å². The fraction of sp³-hybridized carbons (Fsp3) is 0. The summed E-state index contributed by atoms with van der Waals surface area (Å²) in [4.78, 5) is 4.60. The van der Waals surface area contributed by atoms with Gasteiger partial charge >= 0.3 is 0 Å². The molecule has 120 valence electrons. The third kappa shape index (κ3) is 2.58. The van der Waals surface area contributed by atoms with Crippen LogP contribution in [0.15, 0.2) is 77.9 Å². The first-order chi connectivity index (χ1) is 12.4. The second-order valence-corrected chi connectivity index (χ2v) is 7.77. The molecule has 2 aromatic heterocycles. The monoisotopic (exact) mass is 359 g/mol. The van der Waals surface area contributed by atoms with Gasteiger partial charge in [0.2, 0.25) is 5.13 Å². The van der Waals surface area contributed by atoms with E-state index in [1.807, 2.05) is 18.2 Å². The van der Waals surface area contributed by atoms with Crippen LogP contribution in [0.25, 0.3) is 30.4 Å². The minimum absolute atomic E-state index is 0.807. The van der Waals surface area contributed by atoms with E-state index in [4.69, 9.17) is 5.10 Å². The molecular formula is C20H13N3S2. The number of nitrogens with one attached hydrogen (secondary N) is 1. The first-order valence-corrected chi connectivity index (χ1v) is 9.58. The van der Waals surface area contributed by atoms with Crippen molar-refractivity contribution >= 4 is 58.2 Å². The van der Waals surface area contributed by atoms with Gasteiger partial charge in [-0.1, -0.05) is 59.9 Å². The molecule has 3 nitrogen and oxygen atoms in total. The molecule has 0 amide bonds. The van der Waals surface area contributed by atoms with Crippen molar-refractivity contribution in [2.24, 2.45) is 5.10 Å². The lowest BCUT2D eigenvalue weighted by Crippen LogP contribution is -2.07. The predicted octanol–water partition coefficient (Wildman–Crippen LogP) is 5.59. The van der Waals surface area contributed by atoms with E-state index in [-0.39, 0.29) is 0 Å². The van der Waals surface area contributed by atoms with Gasteiger partial charge in [0.05, 0.1) is 10.2 Å². The summed E-state index contributed by atoms with van der Waals surface area (Å²) in [6.07, 6.45) is 0. The zero-order valence-electron chi connectivity index (χ0n) is 13.1. The maximum absolute atomic E-state index is 4.73. The Morgan fingerprint density at radius 2 is 1.28 bits per heavy atom. The molecule has 3 aromatic carbocycles. The van der Waals surface area contributed by atoms with Crippen LogP contribution >= 0.6 is 22.7 Å². The van der Waals surface area contributed by atoms with Gasteiger partial charge in [-0.2, -0.15) is 5.10 Å². The zero-order chi connectivity index (χ0) is 16.6. The number of rotatable bonds is 2. The highest BCUT2D eigenvalue weighted by Gasteiger charge is 2.05. The third-order valence-electron chi connectivity index (χ3n) is 4.06. The van der Waals surface area contributed by atoms with Crippen molar-refractivity contribution in [2.45, 2.75) is 0 Å². The van der Waals surface area contributed by atoms with Gasteiger partial charge in [-0.05, 0) is 24.3 Å². The average molecular weight is 359 g/mol. The molecule has 0 unspecified atom stereocenters. The van der Waals surface area contributed by atoms with Crippen LogP contribution in [0, 0.1) is 0 Å². The van der Waals surface area contributed by atoms with Gasteiger partial charge in [0.25, 0.3) is 0 Å². The average Bonchev–Trinajstić information content (AvgIpc) is 3.08. The second kappa shape index (κ2) is 5.95. The Morgan fingerprint density at radius 3 is 1.96 bits per heavy atom. The van der Waals surface area contributed by atoms with Crippen molar-refractivity contribution in [2.75, 3.05) is 5.43 Å². The lowest BCUT2D eigenvalue weighted by Gasteiger charge is -2.03. The van der Waals surface area contributed by atoms with E-state index in [2.05, 4.69) is 65.0 Å². The number of benzene rings is 3.